The number of hydrogen-bond acceptors (Lipinski definition) is 3. The Balaban J connectivity index is 1.78. The van der Waals surface area contributed by atoms with Gasteiger partial charge in [0, 0.05) is 16.7 Å². The minimum atomic E-state index is -0.0450. The van der Waals surface area contributed by atoms with Gasteiger partial charge in [0.05, 0.1) is 13.7 Å². The molecule has 0 spiro atoms. The fraction of sp³-hybridized carbons (Fsp3) is 0.235. The minimum Gasteiger partial charge on any atom is -0.497 e. The standard InChI is InChI=1S/C17H19BrN2O2/c1-12-9-14(5-8-16(12)18)19-11-17(21)20-10-13-3-6-15(22-2)7-4-13/h3-9,19H,10-11H2,1-2H3,(H,20,21). The topological polar surface area (TPSA) is 50.4 Å². The number of amides is 1. The first-order chi connectivity index (χ1) is 10.6. The summed E-state index contributed by atoms with van der Waals surface area (Å²) < 4.78 is 6.16. The number of aryl methyl sites for hydroxylation is 1. The summed E-state index contributed by atoms with van der Waals surface area (Å²) in [6.45, 7) is 2.76. The van der Waals surface area contributed by atoms with E-state index in [1.807, 2.05) is 49.4 Å². The van der Waals surface area contributed by atoms with Crippen LogP contribution in [0.1, 0.15) is 11.1 Å². The molecule has 0 bridgehead atoms. The van der Waals surface area contributed by atoms with Crippen molar-refractivity contribution in [3.05, 3.63) is 58.1 Å². The monoisotopic (exact) mass is 362 g/mol. The highest BCUT2D eigenvalue weighted by Gasteiger charge is 2.03. The SMILES string of the molecule is COc1ccc(CNC(=O)CNc2ccc(Br)c(C)c2)cc1. The quantitative estimate of drug-likeness (QED) is 0.826. The van der Waals surface area contributed by atoms with E-state index < -0.39 is 0 Å². The number of hydrogen-bond donors (Lipinski definition) is 2. The van der Waals surface area contributed by atoms with Gasteiger partial charge in [0.1, 0.15) is 5.75 Å². The van der Waals surface area contributed by atoms with E-state index in [1.165, 1.54) is 0 Å². The molecule has 2 N–H and O–H groups in total. The molecule has 2 aromatic rings. The minimum absolute atomic E-state index is 0.0450. The number of ether oxygens (including phenoxy) is 1. The molecule has 1 amide bonds. The number of carbonyl (C=O) groups excluding carboxylic acids is 1. The van der Waals surface area contributed by atoms with Crippen LogP contribution < -0.4 is 15.4 Å². The smallest absolute Gasteiger partial charge is 0.239 e. The van der Waals surface area contributed by atoms with Gasteiger partial charge in [-0.3, -0.25) is 4.79 Å². The summed E-state index contributed by atoms with van der Waals surface area (Å²) in [5.41, 5.74) is 3.09. The summed E-state index contributed by atoms with van der Waals surface area (Å²) in [5.74, 6) is 0.763. The van der Waals surface area contributed by atoms with Crippen molar-refractivity contribution in [1.29, 1.82) is 0 Å². The maximum Gasteiger partial charge on any atom is 0.239 e. The number of rotatable bonds is 6. The number of methoxy groups -OCH3 is 1. The van der Waals surface area contributed by atoms with Gasteiger partial charge >= 0.3 is 0 Å². The zero-order valence-corrected chi connectivity index (χ0v) is 14.2. The van der Waals surface area contributed by atoms with E-state index in [1.54, 1.807) is 7.11 Å². The number of halogens is 1. The molecule has 4 nitrogen and oxygen atoms in total. The molecular weight excluding hydrogens is 344 g/mol. The second-order valence-electron chi connectivity index (χ2n) is 4.94. The van der Waals surface area contributed by atoms with Crippen LogP contribution in [0.25, 0.3) is 0 Å². The fourth-order valence-corrected chi connectivity index (χ4v) is 2.19. The van der Waals surface area contributed by atoms with Crippen LogP contribution in [0, 0.1) is 6.92 Å². The molecule has 0 aromatic heterocycles. The molecule has 0 aliphatic carbocycles. The van der Waals surface area contributed by atoms with Crippen molar-refractivity contribution in [2.45, 2.75) is 13.5 Å². The summed E-state index contributed by atoms with van der Waals surface area (Å²) in [5, 5.41) is 6.00. The zero-order valence-electron chi connectivity index (χ0n) is 12.7. The average molecular weight is 363 g/mol. The first kappa shape index (κ1) is 16.4. The molecule has 0 saturated heterocycles. The van der Waals surface area contributed by atoms with Crippen molar-refractivity contribution < 1.29 is 9.53 Å². The van der Waals surface area contributed by atoms with Gasteiger partial charge in [-0.25, -0.2) is 0 Å². The maximum atomic E-state index is 11.9. The van der Waals surface area contributed by atoms with Crippen molar-refractivity contribution >= 4 is 27.5 Å². The highest BCUT2D eigenvalue weighted by atomic mass is 79.9. The predicted octanol–water partition coefficient (Wildman–Crippen LogP) is 3.49. The van der Waals surface area contributed by atoms with E-state index in [2.05, 4.69) is 26.6 Å². The van der Waals surface area contributed by atoms with Gasteiger partial charge in [-0.15, -0.1) is 0 Å². The molecule has 0 heterocycles. The van der Waals surface area contributed by atoms with Crippen molar-refractivity contribution in [2.75, 3.05) is 19.0 Å². The molecule has 0 unspecified atom stereocenters. The van der Waals surface area contributed by atoms with Crippen LogP contribution >= 0.6 is 15.9 Å². The molecule has 0 radical (unpaired) electrons. The van der Waals surface area contributed by atoms with Gasteiger partial charge in [-0.1, -0.05) is 28.1 Å². The van der Waals surface area contributed by atoms with Crippen LogP contribution in [-0.4, -0.2) is 19.6 Å². The van der Waals surface area contributed by atoms with Crippen molar-refractivity contribution in [2.24, 2.45) is 0 Å². The molecule has 0 saturated carbocycles. The van der Waals surface area contributed by atoms with Gasteiger partial charge in [-0.2, -0.15) is 0 Å². The molecule has 0 fully saturated rings. The molecular formula is C17H19BrN2O2. The molecule has 0 aliphatic heterocycles. The highest BCUT2D eigenvalue weighted by molar-refractivity contribution is 9.10. The van der Waals surface area contributed by atoms with Gasteiger partial charge < -0.3 is 15.4 Å². The van der Waals surface area contributed by atoms with Crippen LogP contribution in [0.2, 0.25) is 0 Å². The second kappa shape index (κ2) is 7.84. The Hall–Kier alpha value is -2.01. The molecule has 0 aliphatic rings. The highest BCUT2D eigenvalue weighted by Crippen LogP contribution is 2.19. The Morgan fingerprint density at radius 2 is 1.91 bits per heavy atom. The van der Waals surface area contributed by atoms with E-state index in [-0.39, 0.29) is 12.5 Å². The first-order valence-corrected chi connectivity index (χ1v) is 7.77. The van der Waals surface area contributed by atoms with Crippen LogP contribution in [0.15, 0.2) is 46.9 Å². The Bertz CT molecular complexity index is 642. The summed E-state index contributed by atoms with van der Waals surface area (Å²) in [4.78, 5) is 11.9. The Morgan fingerprint density at radius 1 is 1.18 bits per heavy atom. The average Bonchev–Trinajstić information content (AvgIpc) is 2.54. The zero-order chi connectivity index (χ0) is 15.9. The number of carbonyl (C=O) groups is 1. The van der Waals surface area contributed by atoms with Gasteiger partial charge in [0.15, 0.2) is 0 Å². The van der Waals surface area contributed by atoms with Gasteiger partial charge in [-0.05, 0) is 48.4 Å². The van der Waals surface area contributed by atoms with E-state index >= 15 is 0 Å². The van der Waals surface area contributed by atoms with Crippen LogP contribution in [0.5, 0.6) is 5.75 Å². The number of benzene rings is 2. The lowest BCUT2D eigenvalue weighted by Gasteiger charge is -2.09. The Labute approximate surface area is 139 Å². The molecule has 5 heteroatoms. The summed E-state index contributed by atoms with van der Waals surface area (Å²) >= 11 is 3.45. The lowest BCUT2D eigenvalue weighted by Crippen LogP contribution is -2.29. The lowest BCUT2D eigenvalue weighted by molar-refractivity contribution is -0.119. The van der Waals surface area contributed by atoms with Crippen molar-refractivity contribution in [3.63, 3.8) is 0 Å². The van der Waals surface area contributed by atoms with Crippen molar-refractivity contribution in [3.8, 4) is 5.75 Å². The van der Waals surface area contributed by atoms with Crippen LogP contribution in [-0.2, 0) is 11.3 Å². The second-order valence-corrected chi connectivity index (χ2v) is 5.80. The Kier molecular flexibility index (Phi) is 5.83. The predicted molar refractivity (Wildman–Crippen MR) is 92.2 cm³/mol. The van der Waals surface area contributed by atoms with E-state index in [9.17, 15) is 4.79 Å². The van der Waals surface area contributed by atoms with E-state index in [4.69, 9.17) is 4.74 Å². The van der Waals surface area contributed by atoms with Gasteiger partial charge in [0.2, 0.25) is 5.91 Å². The van der Waals surface area contributed by atoms with E-state index in [0.29, 0.717) is 6.54 Å². The van der Waals surface area contributed by atoms with Crippen LogP contribution in [0.4, 0.5) is 5.69 Å². The fourth-order valence-electron chi connectivity index (χ4n) is 1.94. The number of anilines is 1. The lowest BCUT2D eigenvalue weighted by atomic mass is 10.2. The summed E-state index contributed by atoms with van der Waals surface area (Å²) in [6.07, 6.45) is 0. The van der Waals surface area contributed by atoms with Crippen molar-refractivity contribution in [1.82, 2.24) is 5.32 Å². The molecule has 2 rings (SSSR count). The Morgan fingerprint density at radius 3 is 2.55 bits per heavy atom. The third-order valence-corrected chi connectivity index (χ3v) is 4.15. The van der Waals surface area contributed by atoms with Gasteiger partial charge in [0.25, 0.3) is 0 Å². The molecule has 0 atom stereocenters. The molecule has 2 aromatic carbocycles. The third-order valence-electron chi connectivity index (χ3n) is 3.26. The summed E-state index contributed by atoms with van der Waals surface area (Å²) in [7, 11) is 1.63. The van der Waals surface area contributed by atoms with Crippen LogP contribution in [0.3, 0.4) is 0 Å². The van der Waals surface area contributed by atoms with E-state index in [0.717, 1.165) is 27.0 Å². The first-order valence-electron chi connectivity index (χ1n) is 6.98. The summed E-state index contributed by atoms with van der Waals surface area (Å²) in [6, 6.07) is 13.5. The number of nitrogens with one attached hydrogen (secondary N) is 2. The third kappa shape index (κ3) is 4.77. The molecule has 116 valence electrons. The molecule has 22 heavy (non-hydrogen) atoms. The largest absolute Gasteiger partial charge is 0.497 e. The normalized spacial score (nSPS) is 10.1. The maximum absolute atomic E-state index is 11.9.